The molecule has 1 saturated carbocycles. The number of amides is 1. The first-order chi connectivity index (χ1) is 21.1. The molecule has 3 aliphatic rings. The minimum Gasteiger partial charge on any atom is -0.481 e. The van der Waals surface area contributed by atoms with Crippen molar-refractivity contribution in [3.8, 4) is 0 Å². The van der Waals surface area contributed by atoms with Gasteiger partial charge >= 0.3 is 24.0 Å². The summed E-state index contributed by atoms with van der Waals surface area (Å²) in [5.74, 6) is -2.00. The number of halogens is 8. The fourth-order valence-electron chi connectivity index (χ4n) is 7.53. The van der Waals surface area contributed by atoms with Crippen LogP contribution in [0, 0.1) is 18.3 Å². The summed E-state index contributed by atoms with van der Waals surface area (Å²) < 4.78 is 124. The number of carboxylic acid groups (broad SMARTS) is 1. The third-order valence-corrected chi connectivity index (χ3v) is 13.2. The van der Waals surface area contributed by atoms with Crippen LogP contribution in [0.25, 0.3) is 0 Å². The Kier molecular flexibility index (Phi) is 8.32. The van der Waals surface area contributed by atoms with Gasteiger partial charge in [-0.25, -0.2) is 12.8 Å². The Bertz CT molecular complexity index is 1670. The van der Waals surface area contributed by atoms with E-state index >= 15 is 4.39 Å². The number of benzene rings is 2. The molecule has 2 aliphatic carbocycles. The number of sulfone groups is 1. The third kappa shape index (κ3) is 5.00. The summed E-state index contributed by atoms with van der Waals surface area (Å²) in [6.45, 7) is 3.15. The van der Waals surface area contributed by atoms with E-state index in [2.05, 4.69) is 0 Å². The average Bonchev–Trinajstić information content (AvgIpc) is 3.38. The molecule has 0 spiro atoms. The molecule has 2 aromatic rings. The predicted molar refractivity (Wildman–Crippen MR) is 153 cm³/mol. The molecule has 5 rings (SSSR count). The monoisotopic (exact) mass is 697 g/mol. The molecule has 1 heterocycles. The molecule has 0 aromatic heterocycles. The Morgan fingerprint density at radius 3 is 2.09 bits per heavy atom. The number of hydrogen-bond donors (Lipinski definition) is 1. The summed E-state index contributed by atoms with van der Waals surface area (Å²) in [6, 6.07) is 4.43. The summed E-state index contributed by atoms with van der Waals surface area (Å²) >= 11 is 6.13. The highest BCUT2D eigenvalue weighted by molar-refractivity contribution is 7.92. The second-order valence-corrected chi connectivity index (χ2v) is 15.4. The molecule has 46 heavy (non-hydrogen) atoms. The van der Waals surface area contributed by atoms with E-state index in [4.69, 9.17) is 11.6 Å². The van der Waals surface area contributed by atoms with Gasteiger partial charge in [-0.2, -0.15) is 26.3 Å². The van der Waals surface area contributed by atoms with Gasteiger partial charge < -0.3 is 10.0 Å². The van der Waals surface area contributed by atoms with Crippen molar-refractivity contribution < 1.29 is 53.8 Å². The normalized spacial score (nSPS) is 27.2. The lowest BCUT2D eigenvalue weighted by atomic mass is 9.70. The lowest BCUT2D eigenvalue weighted by Crippen LogP contribution is -2.55. The third-order valence-electron chi connectivity index (χ3n) is 10.2. The largest absolute Gasteiger partial charge is 0.481 e. The van der Waals surface area contributed by atoms with Crippen molar-refractivity contribution in [1.82, 2.24) is 4.90 Å². The zero-order valence-electron chi connectivity index (χ0n) is 24.7. The predicted octanol–water partition coefficient (Wildman–Crippen LogP) is 7.44. The van der Waals surface area contributed by atoms with Crippen LogP contribution in [0.1, 0.15) is 67.7 Å². The second kappa shape index (κ2) is 11.1. The quantitative estimate of drug-likeness (QED) is 0.328. The topological polar surface area (TPSA) is 91.8 Å². The Labute approximate surface area is 265 Å². The van der Waals surface area contributed by atoms with Crippen molar-refractivity contribution in [1.29, 1.82) is 0 Å². The highest BCUT2D eigenvalue weighted by Crippen LogP contribution is 2.57. The molecular formula is C31H31ClF7NO5S. The molecule has 1 N–H and O–H groups in total. The fraction of sp³-hybridized carbons (Fsp3) is 0.548. The molecule has 6 nitrogen and oxygen atoms in total. The Hall–Kier alpha value is -2.87. The van der Waals surface area contributed by atoms with Gasteiger partial charge in [0.25, 0.3) is 0 Å². The highest BCUT2D eigenvalue weighted by atomic mass is 35.5. The van der Waals surface area contributed by atoms with Gasteiger partial charge in [0.05, 0.1) is 16.9 Å². The van der Waals surface area contributed by atoms with Gasteiger partial charge in [-0.15, -0.1) is 0 Å². The SMILES string of the molecule is Cc1cc(S(=O)(=O)C23CCN(C(=O)C4(C)CCC(C(=O)O)CC4)C2CCc2cc(C(F)(C(F)(F)F)C(F)(F)F)ccc23)ccc1Cl. The summed E-state index contributed by atoms with van der Waals surface area (Å²) in [5, 5.41) is 9.67. The number of carboxylic acids is 1. The fourth-order valence-corrected chi connectivity index (χ4v) is 10.1. The maximum absolute atomic E-state index is 15.1. The van der Waals surface area contributed by atoms with Gasteiger partial charge in [0.15, 0.2) is 9.84 Å². The number of hydrogen-bond acceptors (Lipinski definition) is 4. The number of likely N-dealkylation sites (tertiary alicyclic amines) is 1. The molecule has 15 heteroatoms. The summed E-state index contributed by atoms with van der Waals surface area (Å²) in [4.78, 5) is 26.9. The standard InChI is InChI=1S/C31H31ClF7NO5S/c1-17-15-21(5-7-23(17)32)46(44,45)28-13-14-40(26(43)27(2)11-9-18(10-12-27)25(41)42)24(28)8-3-19-16-20(4-6-22(19)28)29(33,30(34,35)36)31(37,38)39/h4-7,15-16,18,24H,3,8-14H2,1-2H3,(H,41,42). The number of nitrogens with zero attached hydrogens (tertiary/aromatic N) is 1. The van der Waals surface area contributed by atoms with Crippen LogP contribution < -0.4 is 0 Å². The van der Waals surface area contributed by atoms with E-state index in [0.717, 1.165) is 6.07 Å². The molecule has 2 aromatic carbocycles. The van der Waals surface area contributed by atoms with Crippen molar-refractivity contribution >= 4 is 33.3 Å². The van der Waals surface area contributed by atoms with Crippen molar-refractivity contribution in [3.05, 3.63) is 63.7 Å². The summed E-state index contributed by atoms with van der Waals surface area (Å²) in [6.07, 6.45) is -12.4. The lowest BCUT2D eigenvalue weighted by Gasteiger charge is -2.45. The van der Waals surface area contributed by atoms with Crippen LogP contribution in [-0.2, 0) is 36.3 Å². The smallest absolute Gasteiger partial charge is 0.435 e. The van der Waals surface area contributed by atoms with Crippen LogP contribution in [0.15, 0.2) is 41.3 Å². The average molecular weight is 698 g/mol. The number of aliphatic carboxylic acids is 1. The molecule has 1 amide bonds. The maximum atomic E-state index is 15.1. The first-order valence-electron chi connectivity index (χ1n) is 14.6. The number of alkyl halides is 7. The van der Waals surface area contributed by atoms with Gasteiger partial charge in [-0.3, -0.25) is 9.59 Å². The van der Waals surface area contributed by atoms with Crippen LogP contribution >= 0.6 is 11.6 Å². The number of carbonyl (C=O) groups is 2. The van der Waals surface area contributed by atoms with E-state index < -0.39 is 67.4 Å². The minimum atomic E-state index is -6.35. The molecule has 1 saturated heterocycles. The van der Waals surface area contributed by atoms with E-state index in [-0.39, 0.29) is 72.5 Å². The number of rotatable bonds is 5. The lowest BCUT2D eigenvalue weighted by molar-refractivity contribution is -0.348. The minimum absolute atomic E-state index is 0.0907. The number of fused-ring (bicyclic) bond motifs is 3. The van der Waals surface area contributed by atoms with Crippen molar-refractivity contribution in [2.24, 2.45) is 11.3 Å². The van der Waals surface area contributed by atoms with E-state index in [9.17, 15) is 49.5 Å². The van der Waals surface area contributed by atoms with Crippen molar-refractivity contribution in [2.75, 3.05) is 6.54 Å². The van der Waals surface area contributed by atoms with Crippen LogP contribution in [0.5, 0.6) is 0 Å². The first kappa shape index (κ1) is 34.5. The molecular weight excluding hydrogens is 667 g/mol. The second-order valence-electron chi connectivity index (χ2n) is 12.8. The van der Waals surface area contributed by atoms with E-state index in [1.807, 2.05) is 0 Å². The molecule has 2 unspecified atom stereocenters. The molecule has 0 radical (unpaired) electrons. The Morgan fingerprint density at radius 2 is 1.54 bits per heavy atom. The van der Waals surface area contributed by atoms with E-state index in [0.29, 0.717) is 17.7 Å². The molecule has 0 bridgehead atoms. The Balaban J connectivity index is 1.66. The van der Waals surface area contributed by atoms with Gasteiger partial charge in [0.2, 0.25) is 5.91 Å². The van der Waals surface area contributed by atoms with E-state index in [1.54, 1.807) is 13.8 Å². The zero-order chi connectivity index (χ0) is 34.3. The highest BCUT2D eigenvalue weighted by Gasteiger charge is 2.74. The summed E-state index contributed by atoms with van der Waals surface area (Å²) in [7, 11) is -4.52. The van der Waals surface area contributed by atoms with Gasteiger partial charge in [-0.05, 0) is 86.8 Å². The van der Waals surface area contributed by atoms with Gasteiger partial charge in [-0.1, -0.05) is 36.7 Å². The van der Waals surface area contributed by atoms with Gasteiger partial charge in [0.1, 0.15) is 4.75 Å². The number of carbonyl (C=O) groups excluding carboxylic acids is 1. The van der Waals surface area contributed by atoms with Crippen molar-refractivity contribution in [3.63, 3.8) is 0 Å². The zero-order valence-corrected chi connectivity index (χ0v) is 26.3. The first-order valence-corrected chi connectivity index (χ1v) is 16.5. The molecule has 1 aliphatic heterocycles. The van der Waals surface area contributed by atoms with Crippen LogP contribution in [0.2, 0.25) is 5.02 Å². The van der Waals surface area contributed by atoms with Crippen molar-refractivity contribution in [2.45, 2.75) is 92.5 Å². The van der Waals surface area contributed by atoms with Gasteiger partial charge in [0, 0.05) is 22.5 Å². The molecule has 2 fully saturated rings. The molecule has 252 valence electrons. The maximum Gasteiger partial charge on any atom is 0.435 e. The van der Waals surface area contributed by atoms with Crippen LogP contribution in [0.4, 0.5) is 30.7 Å². The van der Waals surface area contributed by atoms with E-state index in [1.165, 1.54) is 23.1 Å². The number of aryl methyl sites for hydroxylation is 2. The summed E-state index contributed by atoms with van der Waals surface area (Å²) in [5.41, 5.74) is -8.32. The van der Waals surface area contributed by atoms with Crippen LogP contribution in [0.3, 0.4) is 0 Å². The van der Waals surface area contributed by atoms with Crippen LogP contribution in [-0.4, -0.2) is 55.2 Å². The Morgan fingerprint density at radius 1 is 0.935 bits per heavy atom. The molecule has 2 atom stereocenters.